The number of nitrogens with one attached hydrogen (secondary N) is 2. The van der Waals surface area contributed by atoms with Gasteiger partial charge in [0.25, 0.3) is 11.8 Å². The zero-order chi connectivity index (χ0) is 19.9. The van der Waals surface area contributed by atoms with E-state index >= 15 is 0 Å². The van der Waals surface area contributed by atoms with Gasteiger partial charge in [0.2, 0.25) is 0 Å². The molecule has 0 spiro atoms. The molecule has 2 amide bonds. The molecule has 0 radical (unpaired) electrons. The predicted molar refractivity (Wildman–Crippen MR) is 106 cm³/mol. The third-order valence-electron chi connectivity index (χ3n) is 4.50. The first-order valence-electron chi connectivity index (χ1n) is 9.54. The Morgan fingerprint density at radius 3 is 2.75 bits per heavy atom. The molecule has 2 N–H and O–H groups in total. The van der Waals surface area contributed by atoms with Crippen LogP contribution in [-0.2, 0) is 11.2 Å². The number of carbonyl (C=O) groups excluding carboxylic acids is 2. The van der Waals surface area contributed by atoms with Gasteiger partial charge in [0, 0.05) is 24.1 Å². The number of hydrogen-bond acceptors (Lipinski definition) is 5. The Morgan fingerprint density at radius 2 is 2.00 bits per heavy atom. The fraction of sp³-hybridized carbons (Fsp3) is 0.381. The van der Waals surface area contributed by atoms with Crippen LogP contribution in [0.3, 0.4) is 0 Å². The summed E-state index contributed by atoms with van der Waals surface area (Å²) in [6.07, 6.45) is 3.17. The van der Waals surface area contributed by atoms with Crippen molar-refractivity contribution in [3.8, 4) is 5.75 Å². The van der Waals surface area contributed by atoms with Crippen molar-refractivity contribution in [1.29, 1.82) is 0 Å². The van der Waals surface area contributed by atoms with E-state index in [0.717, 1.165) is 41.9 Å². The van der Waals surface area contributed by atoms with E-state index in [1.165, 1.54) is 0 Å². The number of fused-ring (bicyclic) bond motifs is 1. The smallest absolute Gasteiger partial charge is 0.287 e. The van der Waals surface area contributed by atoms with Gasteiger partial charge in [0.1, 0.15) is 11.5 Å². The summed E-state index contributed by atoms with van der Waals surface area (Å²) in [6, 6.07) is 9.13. The highest BCUT2D eigenvalue weighted by molar-refractivity contribution is 6.06. The quantitative estimate of drug-likeness (QED) is 0.719. The van der Waals surface area contributed by atoms with Gasteiger partial charge in [0.05, 0.1) is 5.71 Å². The van der Waals surface area contributed by atoms with Crippen LogP contribution in [0, 0.1) is 6.92 Å². The summed E-state index contributed by atoms with van der Waals surface area (Å²) in [5, 5.41) is 7.11. The molecule has 7 nitrogen and oxygen atoms in total. The number of carbonyl (C=O) groups is 2. The molecule has 0 fully saturated rings. The van der Waals surface area contributed by atoms with E-state index in [1.807, 2.05) is 32.0 Å². The van der Waals surface area contributed by atoms with Crippen LogP contribution in [-0.4, -0.2) is 30.7 Å². The van der Waals surface area contributed by atoms with E-state index in [4.69, 9.17) is 9.15 Å². The van der Waals surface area contributed by atoms with Crippen LogP contribution in [0.25, 0.3) is 0 Å². The summed E-state index contributed by atoms with van der Waals surface area (Å²) in [7, 11) is 0. The van der Waals surface area contributed by atoms with Crippen molar-refractivity contribution in [3.63, 3.8) is 0 Å². The third kappa shape index (κ3) is 4.60. The Labute approximate surface area is 164 Å². The van der Waals surface area contributed by atoms with Gasteiger partial charge in [-0.05, 0) is 38.3 Å². The maximum atomic E-state index is 12.3. The van der Waals surface area contributed by atoms with E-state index < -0.39 is 0 Å². The number of hydrazone groups is 1. The van der Waals surface area contributed by atoms with Gasteiger partial charge in [-0.25, -0.2) is 5.43 Å². The maximum Gasteiger partial charge on any atom is 0.287 e. The summed E-state index contributed by atoms with van der Waals surface area (Å²) in [6.45, 7) is 4.32. The van der Waals surface area contributed by atoms with Gasteiger partial charge in [-0.2, -0.15) is 5.10 Å². The summed E-state index contributed by atoms with van der Waals surface area (Å²) in [5.41, 5.74) is 4.86. The topological polar surface area (TPSA) is 92.9 Å². The number of aryl methyl sites for hydroxylation is 1. The van der Waals surface area contributed by atoms with Crippen molar-refractivity contribution in [1.82, 2.24) is 10.7 Å². The molecule has 1 aromatic heterocycles. The second-order valence-corrected chi connectivity index (χ2v) is 6.66. The number of benzene rings is 1. The van der Waals surface area contributed by atoms with Crippen molar-refractivity contribution >= 4 is 17.5 Å². The molecule has 1 heterocycles. The first-order chi connectivity index (χ1) is 13.6. The molecule has 0 saturated carbocycles. The first-order valence-corrected chi connectivity index (χ1v) is 9.54. The number of furan rings is 1. The van der Waals surface area contributed by atoms with E-state index in [0.29, 0.717) is 24.5 Å². The van der Waals surface area contributed by atoms with Gasteiger partial charge in [-0.1, -0.05) is 25.1 Å². The fourth-order valence-electron chi connectivity index (χ4n) is 3.14. The molecule has 1 aromatic carbocycles. The van der Waals surface area contributed by atoms with Crippen molar-refractivity contribution < 1.29 is 18.7 Å². The highest BCUT2D eigenvalue weighted by Gasteiger charge is 2.27. The van der Waals surface area contributed by atoms with Crippen molar-refractivity contribution in [3.05, 3.63) is 53.0 Å². The molecule has 28 heavy (non-hydrogen) atoms. The molecular weight excluding hydrogens is 358 g/mol. The summed E-state index contributed by atoms with van der Waals surface area (Å²) < 4.78 is 11.2. The molecule has 0 bridgehead atoms. The van der Waals surface area contributed by atoms with Crippen LogP contribution in [0.5, 0.6) is 5.75 Å². The van der Waals surface area contributed by atoms with Gasteiger partial charge < -0.3 is 14.5 Å². The van der Waals surface area contributed by atoms with Gasteiger partial charge >= 0.3 is 0 Å². The molecule has 3 rings (SSSR count). The van der Waals surface area contributed by atoms with Gasteiger partial charge in [-0.3, -0.25) is 9.59 Å². The highest BCUT2D eigenvalue weighted by Crippen LogP contribution is 2.29. The van der Waals surface area contributed by atoms with Crippen molar-refractivity contribution in [2.24, 2.45) is 5.10 Å². The third-order valence-corrected chi connectivity index (χ3v) is 4.50. The monoisotopic (exact) mass is 383 g/mol. The number of hydrogen-bond donors (Lipinski definition) is 2. The SMILES string of the molecule is CCCNC(=O)c1oc2c(c1C)/C(=N/NC(=O)COc1ccccc1)CCC2. The minimum Gasteiger partial charge on any atom is -0.484 e. The Hall–Kier alpha value is -3.09. The Morgan fingerprint density at radius 1 is 1.21 bits per heavy atom. The Bertz CT molecular complexity index is 871. The van der Waals surface area contributed by atoms with Crippen molar-refractivity contribution in [2.45, 2.75) is 39.5 Å². The number of rotatable bonds is 7. The molecule has 0 unspecified atom stereocenters. The summed E-state index contributed by atoms with van der Waals surface area (Å²) in [4.78, 5) is 24.4. The zero-order valence-corrected chi connectivity index (χ0v) is 16.2. The van der Waals surface area contributed by atoms with Crippen LogP contribution in [0.4, 0.5) is 0 Å². The molecule has 1 aliphatic carbocycles. The molecule has 1 aliphatic rings. The van der Waals surface area contributed by atoms with E-state index in [2.05, 4.69) is 15.8 Å². The maximum absolute atomic E-state index is 12.3. The van der Waals surface area contributed by atoms with Gasteiger partial charge in [0.15, 0.2) is 12.4 Å². The average molecular weight is 383 g/mol. The van der Waals surface area contributed by atoms with Crippen LogP contribution < -0.4 is 15.5 Å². The second kappa shape index (κ2) is 9.21. The fourth-order valence-corrected chi connectivity index (χ4v) is 3.14. The molecule has 0 saturated heterocycles. The normalized spacial score (nSPS) is 14.4. The number of amides is 2. The first kappa shape index (κ1) is 19.7. The van der Waals surface area contributed by atoms with E-state index in [1.54, 1.807) is 12.1 Å². The van der Waals surface area contributed by atoms with Crippen LogP contribution in [0.1, 0.15) is 53.6 Å². The summed E-state index contributed by atoms with van der Waals surface area (Å²) in [5.74, 6) is 1.14. The molecule has 0 atom stereocenters. The Balaban J connectivity index is 1.68. The minimum atomic E-state index is -0.342. The lowest BCUT2D eigenvalue weighted by atomic mass is 9.93. The average Bonchev–Trinajstić information content (AvgIpc) is 3.07. The number of ether oxygens (including phenoxy) is 1. The molecule has 148 valence electrons. The van der Waals surface area contributed by atoms with Crippen LogP contribution in [0.2, 0.25) is 0 Å². The molecule has 7 heteroatoms. The standard InChI is InChI=1S/C21H25N3O4/c1-3-12-22-21(26)20-14(2)19-16(10-7-11-17(19)28-20)23-24-18(25)13-27-15-8-5-4-6-9-15/h4-6,8-9H,3,7,10-13H2,1-2H3,(H,22,26)(H,24,25)/b23-16+. The highest BCUT2D eigenvalue weighted by atomic mass is 16.5. The Kier molecular flexibility index (Phi) is 6.47. The van der Waals surface area contributed by atoms with E-state index in [9.17, 15) is 9.59 Å². The lowest BCUT2D eigenvalue weighted by Gasteiger charge is -2.13. The molecule has 0 aliphatic heterocycles. The van der Waals surface area contributed by atoms with E-state index in [-0.39, 0.29) is 18.4 Å². The molecular formula is C21H25N3O4. The number of para-hydroxylation sites is 1. The van der Waals surface area contributed by atoms with Gasteiger partial charge in [-0.15, -0.1) is 0 Å². The predicted octanol–water partition coefficient (Wildman–Crippen LogP) is 2.96. The zero-order valence-electron chi connectivity index (χ0n) is 16.2. The largest absolute Gasteiger partial charge is 0.484 e. The number of nitrogens with zero attached hydrogens (tertiary/aromatic N) is 1. The van der Waals surface area contributed by atoms with Crippen LogP contribution >= 0.6 is 0 Å². The minimum absolute atomic E-state index is 0.122. The lowest BCUT2D eigenvalue weighted by molar-refractivity contribution is -0.123. The van der Waals surface area contributed by atoms with Crippen LogP contribution in [0.15, 0.2) is 39.9 Å². The summed E-state index contributed by atoms with van der Waals surface area (Å²) >= 11 is 0. The molecule has 2 aromatic rings. The van der Waals surface area contributed by atoms with Crippen molar-refractivity contribution in [2.75, 3.05) is 13.2 Å². The lowest BCUT2D eigenvalue weighted by Crippen LogP contribution is -2.27. The second-order valence-electron chi connectivity index (χ2n) is 6.66.